The van der Waals surface area contributed by atoms with Crippen LogP contribution >= 0.6 is 23.2 Å². The van der Waals surface area contributed by atoms with Crippen molar-refractivity contribution >= 4 is 51.3 Å². The average Bonchev–Trinajstić information content (AvgIpc) is 2.78. The molecule has 0 radical (unpaired) electrons. The summed E-state index contributed by atoms with van der Waals surface area (Å²) >= 11 is 12.6. The van der Waals surface area contributed by atoms with E-state index in [-0.39, 0.29) is 11.7 Å². The van der Waals surface area contributed by atoms with Crippen molar-refractivity contribution in [3.8, 4) is 11.1 Å². The smallest absolute Gasteiger partial charge is 0.169 e. The maximum Gasteiger partial charge on any atom is 0.169 e. The number of carbonyl (C=O) groups excluding carboxylic acids is 1. The summed E-state index contributed by atoms with van der Waals surface area (Å²) < 4.78 is 0. The number of nitrogens with zero attached hydrogens (tertiary/aromatic N) is 1. The minimum absolute atomic E-state index is 0.0926. The van der Waals surface area contributed by atoms with Crippen LogP contribution in [0.1, 0.15) is 56.8 Å². The van der Waals surface area contributed by atoms with Gasteiger partial charge >= 0.3 is 0 Å². The number of hydrogen-bond donors (Lipinski definition) is 2. The number of pyridine rings is 1. The van der Waals surface area contributed by atoms with Gasteiger partial charge < -0.3 is 11.1 Å². The van der Waals surface area contributed by atoms with Gasteiger partial charge in [-0.25, -0.2) is 0 Å². The van der Waals surface area contributed by atoms with Crippen LogP contribution in [0.4, 0.5) is 11.4 Å². The van der Waals surface area contributed by atoms with Gasteiger partial charge in [-0.3, -0.25) is 9.78 Å². The van der Waals surface area contributed by atoms with Crippen molar-refractivity contribution in [3.05, 3.63) is 52.1 Å². The van der Waals surface area contributed by atoms with Gasteiger partial charge in [-0.1, -0.05) is 50.0 Å². The highest BCUT2D eigenvalue weighted by atomic mass is 35.5. The average molecular weight is 470 g/mol. The number of Topliss-reactive ketones (excluding diaryl/α,β-unsaturated/α-hetero) is 1. The second kappa shape index (κ2) is 9.29. The predicted molar refractivity (Wildman–Crippen MR) is 136 cm³/mol. The molecule has 3 aromatic rings. The number of ketones is 1. The van der Waals surface area contributed by atoms with Crippen LogP contribution in [0.25, 0.3) is 22.0 Å². The molecule has 0 bridgehead atoms. The summed E-state index contributed by atoms with van der Waals surface area (Å²) in [7, 11) is 0. The van der Waals surface area contributed by atoms with Gasteiger partial charge in [-0.05, 0) is 67.0 Å². The molecule has 0 amide bonds. The molecule has 4 nitrogen and oxygen atoms in total. The quantitative estimate of drug-likeness (QED) is 0.297. The van der Waals surface area contributed by atoms with Crippen LogP contribution in [0.5, 0.6) is 0 Å². The van der Waals surface area contributed by atoms with Crippen LogP contribution in [0.2, 0.25) is 10.0 Å². The van der Waals surface area contributed by atoms with E-state index in [4.69, 9.17) is 28.9 Å². The third kappa shape index (κ3) is 4.57. The molecular weight excluding hydrogens is 441 g/mol. The molecule has 1 aliphatic carbocycles. The minimum atomic E-state index is -0.112. The summed E-state index contributed by atoms with van der Waals surface area (Å²) in [6.07, 6.45) is 6.31. The number of aromatic nitrogens is 1. The van der Waals surface area contributed by atoms with E-state index >= 15 is 0 Å². The maximum absolute atomic E-state index is 13.1. The summed E-state index contributed by atoms with van der Waals surface area (Å²) in [5.41, 5.74) is 10.5. The number of carbonyl (C=O) groups is 1. The van der Waals surface area contributed by atoms with Gasteiger partial charge in [0.2, 0.25) is 0 Å². The number of nitrogens with one attached hydrogen (secondary N) is 1. The van der Waals surface area contributed by atoms with E-state index in [9.17, 15) is 4.79 Å². The molecule has 1 aliphatic rings. The first-order valence-electron chi connectivity index (χ1n) is 11.2. The number of fused-ring (bicyclic) bond motifs is 1. The standard InChI is InChI=1S/C26H29Cl2N3O/c1-14(2)26(32)20-13-30-23-9-6-16(17-11-21(27)24(29)22(28)12-17)10-19(23)25(20)31-18-7-4-15(3)5-8-18/h6,9-15,18H,4-5,7-8,29H2,1-3H3,(H,30,31). The Balaban J connectivity index is 1.85. The molecule has 1 saturated carbocycles. The number of hydrogen-bond acceptors (Lipinski definition) is 4. The lowest BCUT2D eigenvalue weighted by atomic mass is 9.87. The van der Waals surface area contributed by atoms with Gasteiger partial charge in [0.1, 0.15) is 0 Å². The van der Waals surface area contributed by atoms with Gasteiger partial charge in [0.25, 0.3) is 0 Å². The van der Waals surface area contributed by atoms with Crippen molar-refractivity contribution in [1.29, 1.82) is 0 Å². The SMILES string of the molecule is CC1CCC(Nc2c(C(=O)C(C)C)cnc3ccc(-c4cc(Cl)c(N)c(Cl)c4)cc23)CC1. The van der Waals surface area contributed by atoms with Crippen LogP contribution < -0.4 is 11.1 Å². The number of halogens is 2. The van der Waals surface area contributed by atoms with Gasteiger partial charge in [0.15, 0.2) is 5.78 Å². The van der Waals surface area contributed by atoms with Gasteiger partial charge in [-0.2, -0.15) is 0 Å². The number of nitrogen functional groups attached to an aromatic ring is 1. The Labute approximate surface area is 199 Å². The van der Waals surface area contributed by atoms with E-state index in [1.807, 2.05) is 38.1 Å². The molecule has 0 spiro atoms. The third-order valence-electron chi connectivity index (χ3n) is 6.43. The first kappa shape index (κ1) is 22.9. The van der Waals surface area contributed by atoms with E-state index in [0.29, 0.717) is 27.3 Å². The van der Waals surface area contributed by atoms with Crippen molar-refractivity contribution in [2.75, 3.05) is 11.1 Å². The highest BCUT2D eigenvalue weighted by Gasteiger charge is 2.23. The fourth-order valence-electron chi connectivity index (χ4n) is 4.38. The Bertz CT molecular complexity index is 1140. The summed E-state index contributed by atoms with van der Waals surface area (Å²) in [5, 5.41) is 5.49. The summed E-state index contributed by atoms with van der Waals surface area (Å²) in [6, 6.07) is 10.0. The molecule has 168 valence electrons. The summed E-state index contributed by atoms with van der Waals surface area (Å²) in [5.74, 6) is 0.736. The maximum atomic E-state index is 13.1. The Hall–Kier alpha value is -2.30. The van der Waals surface area contributed by atoms with Crippen molar-refractivity contribution in [2.45, 2.75) is 52.5 Å². The number of nitrogens with two attached hydrogens (primary N) is 1. The fourth-order valence-corrected chi connectivity index (χ4v) is 4.87. The molecule has 0 aliphatic heterocycles. The van der Waals surface area contributed by atoms with Crippen LogP contribution in [0.15, 0.2) is 36.5 Å². The molecule has 4 rings (SSSR count). The highest BCUT2D eigenvalue weighted by Crippen LogP contribution is 2.37. The molecule has 6 heteroatoms. The molecule has 0 atom stereocenters. The Kier molecular flexibility index (Phi) is 6.64. The molecule has 3 N–H and O–H groups in total. The van der Waals surface area contributed by atoms with E-state index < -0.39 is 0 Å². The van der Waals surface area contributed by atoms with Crippen molar-refractivity contribution in [3.63, 3.8) is 0 Å². The van der Waals surface area contributed by atoms with E-state index in [1.54, 1.807) is 6.20 Å². The molecule has 0 saturated heterocycles. The van der Waals surface area contributed by atoms with E-state index in [0.717, 1.165) is 46.5 Å². The fraction of sp³-hybridized carbons (Fsp3) is 0.385. The minimum Gasteiger partial charge on any atom is -0.396 e. The van der Waals surface area contributed by atoms with Crippen LogP contribution in [0.3, 0.4) is 0 Å². The lowest BCUT2D eigenvalue weighted by molar-refractivity contribution is 0.0940. The molecule has 1 aromatic heterocycles. The largest absolute Gasteiger partial charge is 0.396 e. The lowest BCUT2D eigenvalue weighted by Crippen LogP contribution is -2.26. The van der Waals surface area contributed by atoms with Crippen molar-refractivity contribution in [1.82, 2.24) is 4.98 Å². The number of benzene rings is 2. The van der Waals surface area contributed by atoms with Gasteiger partial charge in [-0.15, -0.1) is 0 Å². The first-order valence-corrected chi connectivity index (χ1v) is 12.0. The zero-order valence-electron chi connectivity index (χ0n) is 18.7. The monoisotopic (exact) mass is 469 g/mol. The molecule has 0 unspecified atom stereocenters. The molecule has 1 heterocycles. The second-order valence-corrected chi connectivity index (χ2v) is 10.1. The number of anilines is 2. The van der Waals surface area contributed by atoms with Crippen molar-refractivity contribution in [2.24, 2.45) is 11.8 Å². The van der Waals surface area contributed by atoms with Crippen LogP contribution in [0, 0.1) is 11.8 Å². The van der Waals surface area contributed by atoms with Crippen LogP contribution in [-0.2, 0) is 0 Å². The van der Waals surface area contributed by atoms with E-state index in [2.05, 4.69) is 23.3 Å². The summed E-state index contributed by atoms with van der Waals surface area (Å²) in [4.78, 5) is 17.7. The third-order valence-corrected chi connectivity index (χ3v) is 7.06. The van der Waals surface area contributed by atoms with Crippen LogP contribution in [-0.4, -0.2) is 16.8 Å². The molecule has 32 heavy (non-hydrogen) atoms. The Morgan fingerprint density at radius 1 is 1.06 bits per heavy atom. The number of rotatable bonds is 5. The molecule has 1 fully saturated rings. The predicted octanol–water partition coefficient (Wildman–Crippen LogP) is 7.62. The normalized spacial score (nSPS) is 18.8. The lowest BCUT2D eigenvalue weighted by Gasteiger charge is -2.29. The van der Waals surface area contributed by atoms with E-state index in [1.165, 1.54) is 12.8 Å². The Morgan fingerprint density at radius 3 is 2.34 bits per heavy atom. The van der Waals surface area contributed by atoms with Crippen molar-refractivity contribution < 1.29 is 4.79 Å². The topological polar surface area (TPSA) is 68.0 Å². The Morgan fingerprint density at radius 2 is 1.72 bits per heavy atom. The molecule has 2 aromatic carbocycles. The molecular formula is C26H29Cl2N3O. The van der Waals surface area contributed by atoms with Gasteiger partial charge in [0, 0.05) is 23.5 Å². The summed E-state index contributed by atoms with van der Waals surface area (Å²) in [6.45, 7) is 6.15. The zero-order valence-corrected chi connectivity index (χ0v) is 20.2. The second-order valence-electron chi connectivity index (χ2n) is 9.25. The first-order chi connectivity index (χ1) is 15.2. The zero-order chi connectivity index (χ0) is 23.0. The highest BCUT2D eigenvalue weighted by molar-refractivity contribution is 6.39. The van der Waals surface area contributed by atoms with Gasteiger partial charge in [0.05, 0.1) is 32.5 Å².